The fourth-order valence-electron chi connectivity index (χ4n) is 4.95. The van der Waals surface area contributed by atoms with E-state index in [0.29, 0.717) is 54.7 Å². The molecule has 2 aliphatic rings. The molecule has 4 heterocycles. The first kappa shape index (κ1) is 24.2. The first-order valence-electron chi connectivity index (χ1n) is 12.1. The Morgan fingerprint density at radius 1 is 1.06 bits per heavy atom. The molecular weight excluding hydrogens is 483 g/mol. The maximum absolute atomic E-state index is 13.6. The summed E-state index contributed by atoms with van der Waals surface area (Å²) in [5.74, 6) is 2.25. The van der Waals surface area contributed by atoms with Crippen molar-refractivity contribution in [1.82, 2.24) is 15.0 Å². The Balaban J connectivity index is 1.43. The lowest BCUT2D eigenvalue weighted by atomic mass is 10.1. The average Bonchev–Trinajstić information content (AvgIpc) is 3.30. The van der Waals surface area contributed by atoms with E-state index in [1.54, 1.807) is 18.2 Å². The van der Waals surface area contributed by atoms with E-state index in [1.165, 1.54) is 18.3 Å². The molecule has 2 saturated heterocycles. The molecule has 2 fully saturated rings. The molecule has 188 valence electrons. The minimum absolute atomic E-state index is 0.113. The number of piperazine rings is 1. The van der Waals surface area contributed by atoms with Gasteiger partial charge in [0.25, 0.3) is 6.47 Å². The summed E-state index contributed by atoms with van der Waals surface area (Å²) in [7, 11) is 0. The fraction of sp³-hybridized carbons (Fsp3) is 0.385. The molecular formula is C26H28ClFN6O2. The van der Waals surface area contributed by atoms with Crippen molar-refractivity contribution in [2.24, 2.45) is 0 Å². The Morgan fingerprint density at radius 2 is 1.86 bits per heavy atom. The summed E-state index contributed by atoms with van der Waals surface area (Å²) in [6, 6.07) is 10.5. The first-order chi connectivity index (χ1) is 17.4. The van der Waals surface area contributed by atoms with E-state index in [-0.39, 0.29) is 11.9 Å². The molecule has 0 amide bonds. The molecule has 0 spiro atoms. The van der Waals surface area contributed by atoms with Gasteiger partial charge in [-0.25, -0.2) is 14.4 Å². The monoisotopic (exact) mass is 510 g/mol. The minimum Gasteiger partial charge on any atom is -0.427 e. The molecule has 0 N–H and O–H groups in total. The zero-order valence-corrected chi connectivity index (χ0v) is 21.0. The van der Waals surface area contributed by atoms with Crippen LogP contribution in [0.25, 0.3) is 11.3 Å². The number of anilines is 3. The Morgan fingerprint density at radius 3 is 2.53 bits per heavy atom. The number of carbonyl (C=O) groups is 1. The van der Waals surface area contributed by atoms with Crippen LogP contribution >= 0.6 is 11.6 Å². The van der Waals surface area contributed by atoms with Crippen LogP contribution < -0.4 is 19.4 Å². The van der Waals surface area contributed by atoms with E-state index in [4.69, 9.17) is 26.3 Å². The molecule has 36 heavy (non-hydrogen) atoms. The number of hydrogen-bond donors (Lipinski definition) is 0. The average molecular weight is 511 g/mol. The zero-order chi connectivity index (χ0) is 25.2. The zero-order valence-electron chi connectivity index (χ0n) is 20.3. The number of carbonyl (C=O) groups excluding carboxylic acids is 1. The summed E-state index contributed by atoms with van der Waals surface area (Å²) in [5.41, 5.74) is 1.63. The number of nitrogens with zero attached hydrogens (tertiary/aromatic N) is 6. The van der Waals surface area contributed by atoms with E-state index >= 15 is 0 Å². The fourth-order valence-corrected chi connectivity index (χ4v) is 5.23. The van der Waals surface area contributed by atoms with E-state index < -0.39 is 0 Å². The largest absolute Gasteiger partial charge is 0.427 e. The summed E-state index contributed by atoms with van der Waals surface area (Å²) in [5, 5.41) is 0.431. The number of rotatable bonds is 6. The molecule has 2 aliphatic heterocycles. The summed E-state index contributed by atoms with van der Waals surface area (Å²) < 4.78 is 18.4. The lowest BCUT2D eigenvalue weighted by molar-refractivity contribution is -0.120. The van der Waals surface area contributed by atoms with Crippen LogP contribution in [-0.4, -0.2) is 59.7 Å². The summed E-state index contributed by atoms with van der Waals surface area (Å²) in [6.07, 6.45) is 3.72. The van der Waals surface area contributed by atoms with Crippen LogP contribution in [0.3, 0.4) is 0 Å². The molecule has 0 unspecified atom stereocenters. The highest BCUT2D eigenvalue weighted by molar-refractivity contribution is 6.33. The highest BCUT2D eigenvalue weighted by Gasteiger charge is 2.29. The van der Waals surface area contributed by atoms with Gasteiger partial charge in [-0.2, -0.15) is 4.98 Å². The Labute approximate surface area is 214 Å². The van der Waals surface area contributed by atoms with Gasteiger partial charge >= 0.3 is 0 Å². The van der Waals surface area contributed by atoms with E-state index in [0.717, 1.165) is 36.5 Å². The van der Waals surface area contributed by atoms with Gasteiger partial charge in [0.05, 0.1) is 16.9 Å². The van der Waals surface area contributed by atoms with Crippen LogP contribution in [-0.2, 0) is 4.79 Å². The summed E-state index contributed by atoms with van der Waals surface area (Å²) in [6.45, 7) is 7.70. The first-order valence-corrected chi connectivity index (χ1v) is 12.5. The molecule has 0 bridgehead atoms. The predicted octanol–water partition coefficient (Wildman–Crippen LogP) is 4.57. The van der Waals surface area contributed by atoms with E-state index in [2.05, 4.69) is 33.5 Å². The van der Waals surface area contributed by atoms with Gasteiger partial charge in [0.1, 0.15) is 17.5 Å². The lowest BCUT2D eigenvalue weighted by Crippen LogP contribution is -2.52. The Hall–Kier alpha value is -3.46. The predicted molar refractivity (Wildman–Crippen MR) is 138 cm³/mol. The van der Waals surface area contributed by atoms with Crippen molar-refractivity contribution in [3.05, 3.63) is 53.4 Å². The van der Waals surface area contributed by atoms with Crippen LogP contribution in [0.1, 0.15) is 26.7 Å². The van der Waals surface area contributed by atoms with Gasteiger partial charge < -0.3 is 19.4 Å². The molecule has 2 aromatic heterocycles. The van der Waals surface area contributed by atoms with Gasteiger partial charge in [-0.15, -0.1) is 0 Å². The van der Waals surface area contributed by atoms with Crippen molar-refractivity contribution in [1.29, 1.82) is 0 Å². The standard InChI is InChI=1S/C26H28ClFN6O2/c1-17-4-3-9-34(17)26-30-23(19-5-7-20(28)8-6-19)13-24(31-26)33-11-10-32(15-18(33)2)25-22(27)12-21(14-29-25)36-16-35/h5-8,12-14,16-18H,3-4,9-11,15H2,1-2H3/t17-,18-/m0/s1. The van der Waals surface area contributed by atoms with Crippen molar-refractivity contribution >= 4 is 35.7 Å². The molecule has 5 rings (SSSR count). The Kier molecular flexibility index (Phi) is 6.91. The van der Waals surface area contributed by atoms with Gasteiger partial charge in [-0.3, -0.25) is 4.79 Å². The van der Waals surface area contributed by atoms with Gasteiger partial charge in [0.15, 0.2) is 5.75 Å². The lowest BCUT2D eigenvalue weighted by Gasteiger charge is -2.41. The molecule has 2 atom stereocenters. The van der Waals surface area contributed by atoms with Crippen LogP contribution in [0.2, 0.25) is 5.02 Å². The second-order valence-electron chi connectivity index (χ2n) is 9.28. The second-order valence-corrected chi connectivity index (χ2v) is 9.69. The summed E-state index contributed by atoms with van der Waals surface area (Å²) in [4.78, 5) is 31.5. The van der Waals surface area contributed by atoms with Crippen molar-refractivity contribution in [2.45, 2.75) is 38.8 Å². The molecule has 0 radical (unpaired) electrons. The highest BCUT2D eigenvalue weighted by atomic mass is 35.5. The van der Waals surface area contributed by atoms with Gasteiger partial charge in [-0.1, -0.05) is 11.6 Å². The number of aromatic nitrogens is 3. The van der Waals surface area contributed by atoms with Crippen molar-refractivity contribution in [3.8, 4) is 17.0 Å². The van der Waals surface area contributed by atoms with Crippen molar-refractivity contribution in [3.63, 3.8) is 0 Å². The van der Waals surface area contributed by atoms with Crippen LogP contribution in [0, 0.1) is 5.82 Å². The smallest absolute Gasteiger partial charge is 0.298 e. The Bertz CT molecular complexity index is 1240. The maximum Gasteiger partial charge on any atom is 0.298 e. The van der Waals surface area contributed by atoms with Crippen LogP contribution in [0.15, 0.2) is 42.6 Å². The highest BCUT2D eigenvalue weighted by Crippen LogP contribution is 2.32. The van der Waals surface area contributed by atoms with Crippen LogP contribution in [0.5, 0.6) is 5.75 Å². The third-order valence-corrected chi connectivity index (χ3v) is 7.13. The second kappa shape index (κ2) is 10.3. The van der Waals surface area contributed by atoms with Crippen molar-refractivity contribution < 1.29 is 13.9 Å². The number of pyridine rings is 1. The van der Waals surface area contributed by atoms with Crippen molar-refractivity contribution in [2.75, 3.05) is 40.9 Å². The normalized spacial score (nSPS) is 20.1. The number of benzene rings is 1. The molecule has 0 saturated carbocycles. The SMILES string of the molecule is C[C@H]1CN(c2ncc(OC=O)cc2Cl)CCN1c1cc(-c2ccc(F)cc2)nc(N2CCC[C@@H]2C)n1. The van der Waals surface area contributed by atoms with E-state index in [1.807, 2.05) is 6.07 Å². The topological polar surface area (TPSA) is 74.7 Å². The number of ether oxygens (including phenoxy) is 1. The van der Waals surface area contributed by atoms with Gasteiger partial charge in [0, 0.05) is 56.0 Å². The quantitative estimate of drug-likeness (QED) is 0.446. The molecule has 3 aromatic rings. The van der Waals surface area contributed by atoms with Crippen LogP contribution in [0.4, 0.5) is 22.0 Å². The number of halogens is 2. The van der Waals surface area contributed by atoms with Gasteiger partial charge in [-0.05, 0) is 51.0 Å². The van der Waals surface area contributed by atoms with E-state index in [9.17, 15) is 9.18 Å². The minimum atomic E-state index is -0.274. The third kappa shape index (κ3) is 4.93. The molecule has 0 aliphatic carbocycles. The molecule has 8 nitrogen and oxygen atoms in total. The number of hydrogen-bond acceptors (Lipinski definition) is 8. The maximum atomic E-state index is 13.6. The summed E-state index contributed by atoms with van der Waals surface area (Å²) >= 11 is 6.44. The molecule has 10 heteroatoms. The third-order valence-electron chi connectivity index (χ3n) is 6.85. The van der Waals surface area contributed by atoms with Gasteiger partial charge in [0.2, 0.25) is 5.95 Å². The molecule has 1 aromatic carbocycles.